The summed E-state index contributed by atoms with van der Waals surface area (Å²) in [5.41, 5.74) is 1.53. The second-order valence-electron chi connectivity index (χ2n) is 5.13. The van der Waals surface area contributed by atoms with Gasteiger partial charge in [0.15, 0.2) is 5.82 Å². The van der Waals surface area contributed by atoms with Gasteiger partial charge in [0, 0.05) is 23.9 Å². The van der Waals surface area contributed by atoms with Gasteiger partial charge in [-0.2, -0.15) is 0 Å². The van der Waals surface area contributed by atoms with Crippen LogP contribution >= 0.6 is 0 Å². The molecule has 0 aliphatic heterocycles. The van der Waals surface area contributed by atoms with Crippen molar-refractivity contribution in [3.8, 4) is 11.4 Å². The summed E-state index contributed by atoms with van der Waals surface area (Å²) in [4.78, 5) is 9.04. The molecule has 0 spiro atoms. The SMILES string of the molecule is C=CCNc1cc(Nc2cccc(F)c2)nc(-c2ccccc2)n1. The largest absolute Gasteiger partial charge is 0.366 e. The Morgan fingerprint density at radius 3 is 2.50 bits per heavy atom. The van der Waals surface area contributed by atoms with Crippen molar-refractivity contribution in [2.24, 2.45) is 0 Å². The van der Waals surface area contributed by atoms with Crippen LogP contribution in [0, 0.1) is 5.82 Å². The van der Waals surface area contributed by atoms with E-state index in [0.29, 0.717) is 29.7 Å². The number of rotatable bonds is 6. The molecule has 0 aliphatic rings. The third kappa shape index (κ3) is 3.95. The summed E-state index contributed by atoms with van der Waals surface area (Å²) in [6.07, 6.45) is 1.75. The second kappa shape index (κ2) is 7.37. The Hall–Kier alpha value is -3.21. The normalized spacial score (nSPS) is 10.2. The van der Waals surface area contributed by atoms with Crippen LogP contribution in [0.5, 0.6) is 0 Å². The molecule has 0 saturated heterocycles. The van der Waals surface area contributed by atoms with Gasteiger partial charge in [-0.25, -0.2) is 14.4 Å². The lowest BCUT2D eigenvalue weighted by Crippen LogP contribution is -2.04. The molecule has 0 atom stereocenters. The molecule has 0 bridgehead atoms. The molecule has 3 rings (SSSR count). The van der Waals surface area contributed by atoms with E-state index in [1.165, 1.54) is 12.1 Å². The molecule has 0 aliphatic carbocycles. The van der Waals surface area contributed by atoms with Gasteiger partial charge in [-0.1, -0.05) is 42.5 Å². The second-order valence-corrected chi connectivity index (χ2v) is 5.13. The number of hydrogen-bond acceptors (Lipinski definition) is 4. The molecule has 0 radical (unpaired) electrons. The Kier molecular flexibility index (Phi) is 4.81. The maximum Gasteiger partial charge on any atom is 0.163 e. The fraction of sp³-hybridized carbons (Fsp3) is 0.0526. The van der Waals surface area contributed by atoms with Crippen LogP contribution in [-0.4, -0.2) is 16.5 Å². The van der Waals surface area contributed by atoms with E-state index in [9.17, 15) is 4.39 Å². The molecule has 120 valence electrons. The molecule has 1 heterocycles. The van der Waals surface area contributed by atoms with Crippen LogP contribution in [0.1, 0.15) is 0 Å². The van der Waals surface area contributed by atoms with E-state index in [4.69, 9.17) is 0 Å². The first-order chi connectivity index (χ1) is 11.7. The molecule has 2 N–H and O–H groups in total. The van der Waals surface area contributed by atoms with Gasteiger partial charge in [0.25, 0.3) is 0 Å². The molecule has 24 heavy (non-hydrogen) atoms. The number of aromatic nitrogens is 2. The van der Waals surface area contributed by atoms with E-state index >= 15 is 0 Å². The van der Waals surface area contributed by atoms with Crippen LogP contribution in [0.25, 0.3) is 11.4 Å². The predicted molar refractivity (Wildman–Crippen MR) is 95.8 cm³/mol. The summed E-state index contributed by atoms with van der Waals surface area (Å²) in [6.45, 7) is 4.28. The van der Waals surface area contributed by atoms with E-state index in [1.807, 2.05) is 30.3 Å². The van der Waals surface area contributed by atoms with Crippen LogP contribution in [0.15, 0.2) is 73.3 Å². The van der Waals surface area contributed by atoms with Crippen molar-refractivity contribution in [1.29, 1.82) is 0 Å². The molecular formula is C19H17FN4. The van der Waals surface area contributed by atoms with Crippen molar-refractivity contribution in [3.63, 3.8) is 0 Å². The van der Waals surface area contributed by atoms with Crippen molar-refractivity contribution in [2.75, 3.05) is 17.2 Å². The van der Waals surface area contributed by atoms with Gasteiger partial charge in [0.05, 0.1) is 0 Å². The number of hydrogen-bond donors (Lipinski definition) is 2. The molecule has 0 saturated carbocycles. The van der Waals surface area contributed by atoms with E-state index in [2.05, 4.69) is 27.2 Å². The predicted octanol–water partition coefficient (Wildman–Crippen LogP) is 4.62. The first-order valence-corrected chi connectivity index (χ1v) is 7.56. The highest BCUT2D eigenvalue weighted by Gasteiger charge is 2.07. The van der Waals surface area contributed by atoms with Crippen molar-refractivity contribution in [3.05, 3.63) is 79.1 Å². The summed E-state index contributed by atoms with van der Waals surface area (Å²) in [5, 5.41) is 6.27. The van der Waals surface area contributed by atoms with Crippen molar-refractivity contribution < 1.29 is 4.39 Å². The summed E-state index contributed by atoms with van der Waals surface area (Å²) >= 11 is 0. The van der Waals surface area contributed by atoms with Gasteiger partial charge in [0.2, 0.25) is 0 Å². The van der Waals surface area contributed by atoms with E-state index in [1.54, 1.807) is 24.3 Å². The van der Waals surface area contributed by atoms with Crippen LogP contribution in [0.4, 0.5) is 21.7 Å². The number of halogens is 1. The van der Waals surface area contributed by atoms with Crippen LogP contribution in [0.2, 0.25) is 0 Å². The van der Waals surface area contributed by atoms with Gasteiger partial charge < -0.3 is 10.6 Å². The summed E-state index contributed by atoms with van der Waals surface area (Å²) in [7, 11) is 0. The molecule has 0 amide bonds. The molecule has 3 aromatic rings. The third-order valence-electron chi connectivity index (χ3n) is 3.28. The van der Waals surface area contributed by atoms with Gasteiger partial charge in [-0.15, -0.1) is 6.58 Å². The molecular weight excluding hydrogens is 303 g/mol. The average molecular weight is 320 g/mol. The van der Waals surface area contributed by atoms with Crippen molar-refractivity contribution >= 4 is 17.3 Å². The van der Waals surface area contributed by atoms with Gasteiger partial charge in [-0.3, -0.25) is 0 Å². The van der Waals surface area contributed by atoms with E-state index in [-0.39, 0.29) is 5.82 Å². The lowest BCUT2D eigenvalue weighted by atomic mass is 10.2. The molecule has 2 aromatic carbocycles. The van der Waals surface area contributed by atoms with E-state index in [0.717, 1.165) is 5.56 Å². The summed E-state index contributed by atoms with van der Waals surface area (Å²) < 4.78 is 13.4. The Morgan fingerprint density at radius 2 is 1.75 bits per heavy atom. The van der Waals surface area contributed by atoms with Crippen LogP contribution in [-0.2, 0) is 0 Å². The third-order valence-corrected chi connectivity index (χ3v) is 3.28. The summed E-state index contributed by atoms with van der Waals surface area (Å²) in [5.74, 6) is 1.54. The number of nitrogens with one attached hydrogen (secondary N) is 2. The topological polar surface area (TPSA) is 49.8 Å². The Morgan fingerprint density at radius 1 is 0.958 bits per heavy atom. The number of nitrogens with zero attached hydrogens (tertiary/aromatic N) is 2. The zero-order valence-electron chi connectivity index (χ0n) is 13.0. The fourth-order valence-electron chi connectivity index (χ4n) is 2.21. The lowest BCUT2D eigenvalue weighted by molar-refractivity contribution is 0.628. The smallest absolute Gasteiger partial charge is 0.163 e. The Labute approximate surface area is 140 Å². The number of benzene rings is 2. The molecule has 4 nitrogen and oxygen atoms in total. The zero-order valence-corrected chi connectivity index (χ0v) is 13.0. The van der Waals surface area contributed by atoms with Crippen molar-refractivity contribution in [1.82, 2.24) is 9.97 Å². The zero-order chi connectivity index (χ0) is 16.8. The molecule has 0 fully saturated rings. The maximum atomic E-state index is 13.4. The summed E-state index contributed by atoms with van der Waals surface area (Å²) in [6, 6.07) is 17.7. The lowest BCUT2D eigenvalue weighted by Gasteiger charge is -2.11. The van der Waals surface area contributed by atoms with Crippen molar-refractivity contribution in [2.45, 2.75) is 0 Å². The highest BCUT2D eigenvalue weighted by atomic mass is 19.1. The van der Waals surface area contributed by atoms with Gasteiger partial charge in [0.1, 0.15) is 17.5 Å². The minimum absolute atomic E-state index is 0.303. The molecule has 5 heteroatoms. The Balaban J connectivity index is 1.96. The fourth-order valence-corrected chi connectivity index (χ4v) is 2.21. The monoisotopic (exact) mass is 320 g/mol. The highest BCUT2D eigenvalue weighted by Crippen LogP contribution is 2.23. The standard InChI is InChI=1S/C19H17FN4/c1-2-11-21-17-13-18(22-16-10-6-9-15(20)12-16)24-19(23-17)14-7-4-3-5-8-14/h2-10,12-13H,1,11H2,(H2,21,22,23,24). The van der Waals surface area contributed by atoms with Gasteiger partial charge >= 0.3 is 0 Å². The minimum atomic E-state index is -0.303. The van der Waals surface area contributed by atoms with Gasteiger partial charge in [-0.05, 0) is 18.2 Å². The molecule has 0 unspecified atom stereocenters. The minimum Gasteiger partial charge on any atom is -0.366 e. The van der Waals surface area contributed by atoms with Crippen LogP contribution < -0.4 is 10.6 Å². The maximum absolute atomic E-state index is 13.4. The van der Waals surface area contributed by atoms with Crippen LogP contribution in [0.3, 0.4) is 0 Å². The first-order valence-electron chi connectivity index (χ1n) is 7.56. The molecule has 1 aromatic heterocycles. The highest BCUT2D eigenvalue weighted by molar-refractivity contribution is 5.65. The average Bonchev–Trinajstić information content (AvgIpc) is 2.60. The number of anilines is 3. The first kappa shape index (κ1) is 15.7. The quantitative estimate of drug-likeness (QED) is 0.650. The Bertz CT molecular complexity index is 834. The van der Waals surface area contributed by atoms with E-state index < -0.39 is 0 Å².